The molecule has 1 amide bonds. The van der Waals surface area contributed by atoms with Crippen LogP contribution in [0.2, 0.25) is 10.0 Å². The van der Waals surface area contributed by atoms with Crippen LogP contribution in [0.1, 0.15) is 24.8 Å². The van der Waals surface area contributed by atoms with Crippen LogP contribution in [0.15, 0.2) is 18.2 Å². The average Bonchev–Trinajstić information content (AvgIpc) is 2.97. The standard InChI is InChI=1S/C16H19Cl2NO3/c17-13-3-1-2-12(15(13)18)4-5-14(20)19-8-6-16(7-9-19)21-10-11-22-16/h1-3H,4-11H2. The predicted molar refractivity (Wildman–Crippen MR) is 85.2 cm³/mol. The minimum absolute atomic E-state index is 0.142. The van der Waals surface area contributed by atoms with E-state index in [1.165, 1.54) is 0 Å². The van der Waals surface area contributed by atoms with Crippen LogP contribution in [0.5, 0.6) is 0 Å². The van der Waals surface area contributed by atoms with Crippen LogP contribution in [0.4, 0.5) is 0 Å². The molecule has 2 aliphatic heterocycles. The van der Waals surface area contributed by atoms with Gasteiger partial charge in [0, 0.05) is 32.4 Å². The molecule has 2 fully saturated rings. The topological polar surface area (TPSA) is 38.8 Å². The van der Waals surface area contributed by atoms with Crippen molar-refractivity contribution < 1.29 is 14.3 Å². The molecule has 2 aliphatic rings. The number of aryl methyl sites for hydroxylation is 1. The maximum atomic E-state index is 12.3. The molecule has 120 valence electrons. The van der Waals surface area contributed by atoms with Gasteiger partial charge < -0.3 is 14.4 Å². The Morgan fingerprint density at radius 3 is 2.55 bits per heavy atom. The summed E-state index contributed by atoms with van der Waals surface area (Å²) in [5, 5.41) is 1.07. The highest BCUT2D eigenvalue weighted by atomic mass is 35.5. The Labute approximate surface area is 140 Å². The van der Waals surface area contributed by atoms with Crippen molar-refractivity contribution in [2.45, 2.75) is 31.5 Å². The van der Waals surface area contributed by atoms with Crippen molar-refractivity contribution in [2.24, 2.45) is 0 Å². The van der Waals surface area contributed by atoms with Crippen molar-refractivity contribution in [1.82, 2.24) is 4.90 Å². The lowest BCUT2D eigenvalue weighted by Gasteiger charge is -2.37. The molecule has 0 aromatic heterocycles. The Balaban J connectivity index is 1.51. The lowest BCUT2D eigenvalue weighted by molar-refractivity contribution is -0.187. The van der Waals surface area contributed by atoms with Gasteiger partial charge in [-0.25, -0.2) is 0 Å². The number of halogens is 2. The van der Waals surface area contributed by atoms with Gasteiger partial charge >= 0.3 is 0 Å². The lowest BCUT2D eigenvalue weighted by atomic mass is 10.0. The number of hydrogen-bond acceptors (Lipinski definition) is 3. The largest absolute Gasteiger partial charge is 0.347 e. The number of amides is 1. The molecule has 1 aromatic carbocycles. The van der Waals surface area contributed by atoms with Crippen molar-refractivity contribution in [1.29, 1.82) is 0 Å². The Morgan fingerprint density at radius 2 is 1.86 bits per heavy atom. The molecule has 0 unspecified atom stereocenters. The molecule has 1 spiro atoms. The Morgan fingerprint density at radius 1 is 1.18 bits per heavy atom. The van der Waals surface area contributed by atoms with Crippen LogP contribution < -0.4 is 0 Å². The van der Waals surface area contributed by atoms with Crippen molar-refractivity contribution in [3.05, 3.63) is 33.8 Å². The SMILES string of the molecule is O=C(CCc1cccc(Cl)c1Cl)N1CCC2(CC1)OCCO2. The molecule has 0 saturated carbocycles. The molecule has 22 heavy (non-hydrogen) atoms. The summed E-state index contributed by atoms with van der Waals surface area (Å²) in [6, 6.07) is 5.52. The quantitative estimate of drug-likeness (QED) is 0.845. The summed E-state index contributed by atoms with van der Waals surface area (Å²) >= 11 is 12.1. The minimum atomic E-state index is -0.437. The van der Waals surface area contributed by atoms with Crippen LogP contribution >= 0.6 is 23.2 Å². The molecule has 2 saturated heterocycles. The normalized spacial score (nSPS) is 20.5. The van der Waals surface area contributed by atoms with E-state index in [1.807, 2.05) is 17.0 Å². The van der Waals surface area contributed by atoms with Crippen LogP contribution in [0.3, 0.4) is 0 Å². The molecule has 6 heteroatoms. The monoisotopic (exact) mass is 343 g/mol. The summed E-state index contributed by atoms with van der Waals surface area (Å²) < 4.78 is 11.4. The average molecular weight is 344 g/mol. The molecule has 0 atom stereocenters. The van der Waals surface area contributed by atoms with Crippen LogP contribution in [0.25, 0.3) is 0 Å². The van der Waals surface area contributed by atoms with E-state index in [1.54, 1.807) is 6.07 Å². The third-order valence-electron chi connectivity index (χ3n) is 4.33. The summed E-state index contributed by atoms with van der Waals surface area (Å²) in [6.45, 7) is 2.67. The molecular weight excluding hydrogens is 325 g/mol. The summed E-state index contributed by atoms with van der Waals surface area (Å²) in [5.41, 5.74) is 0.915. The number of nitrogens with zero attached hydrogens (tertiary/aromatic N) is 1. The second kappa shape index (κ2) is 6.75. The Kier molecular flexibility index (Phi) is 4.93. The fourth-order valence-corrected chi connectivity index (χ4v) is 3.44. The second-order valence-electron chi connectivity index (χ2n) is 5.70. The Bertz CT molecular complexity index is 548. The Hall–Kier alpha value is -0.810. The molecule has 4 nitrogen and oxygen atoms in total. The third-order valence-corrected chi connectivity index (χ3v) is 5.19. The summed E-state index contributed by atoms with van der Waals surface area (Å²) in [6.07, 6.45) is 2.54. The first-order valence-corrected chi connectivity index (χ1v) is 8.34. The van der Waals surface area contributed by atoms with E-state index in [0.29, 0.717) is 49.2 Å². The third kappa shape index (κ3) is 3.40. The number of likely N-dealkylation sites (tertiary alicyclic amines) is 1. The van der Waals surface area contributed by atoms with E-state index >= 15 is 0 Å². The van der Waals surface area contributed by atoms with E-state index < -0.39 is 5.79 Å². The van der Waals surface area contributed by atoms with E-state index in [2.05, 4.69) is 0 Å². The zero-order valence-electron chi connectivity index (χ0n) is 12.3. The second-order valence-corrected chi connectivity index (χ2v) is 6.49. The molecule has 0 N–H and O–H groups in total. The van der Waals surface area contributed by atoms with Crippen LogP contribution in [-0.2, 0) is 20.7 Å². The van der Waals surface area contributed by atoms with E-state index in [4.69, 9.17) is 32.7 Å². The van der Waals surface area contributed by atoms with E-state index in [-0.39, 0.29) is 5.91 Å². The first-order chi connectivity index (χ1) is 10.6. The predicted octanol–water partition coefficient (Wildman–Crippen LogP) is 3.29. The van der Waals surface area contributed by atoms with Gasteiger partial charge in [-0.1, -0.05) is 35.3 Å². The number of ether oxygens (including phenoxy) is 2. The van der Waals surface area contributed by atoms with Gasteiger partial charge in [0.2, 0.25) is 5.91 Å². The van der Waals surface area contributed by atoms with Gasteiger partial charge in [-0.3, -0.25) is 4.79 Å². The van der Waals surface area contributed by atoms with Crippen LogP contribution in [0, 0.1) is 0 Å². The zero-order chi connectivity index (χ0) is 15.6. The molecule has 2 heterocycles. The number of carbonyl (C=O) groups is 1. The minimum Gasteiger partial charge on any atom is -0.347 e. The zero-order valence-corrected chi connectivity index (χ0v) is 13.8. The highest BCUT2D eigenvalue weighted by Crippen LogP contribution is 2.32. The fraction of sp³-hybridized carbons (Fsp3) is 0.562. The van der Waals surface area contributed by atoms with E-state index in [0.717, 1.165) is 18.4 Å². The molecule has 0 aliphatic carbocycles. The maximum Gasteiger partial charge on any atom is 0.222 e. The molecular formula is C16H19Cl2NO3. The number of rotatable bonds is 3. The van der Waals surface area contributed by atoms with Crippen molar-refractivity contribution in [3.63, 3.8) is 0 Å². The highest BCUT2D eigenvalue weighted by molar-refractivity contribution is 6.42. The number of carbonyl (C=O) groups excluding carboxylic acids is 1. The molecule has 0 bridgehead atoms. The summed E-state index contributed by atoms with van der Waals surface area (Å²) in [5.74, 6) is -0.295. The molecule has 3 rings (SSSR count). The van der Waals surface area contributed by atoms with Crippen LogP contribution in [-0.4, -0.2) is 42.9 Å². The van der Waals surface area contributed by atoms with Gasteiger partial charge in [-0.15, -0.1) is 0 Å². The first kappa shape index (κ1) is 16.1. The smallest absolute Gasteiger partial charge is 0.222 e. The van der Waals surface area contributed by atoms with Gasteiger partial charge in [0.1, 0.15) is 0 Å². The van der Waals surface area contributed by atoms with Crippen molar-refractivity contribution in [3.8, 4) is 0 Å². The maximum absolute atomic E-state index is 12.3. The summed E-state index contributed by atoms with van der Waals surface area (Å²) in [4.78, 5) is 14.2. The summed E-state index contributed by atoms with van der Waals surface area (Å²) in [7, 11) is 0. The van der Waals surface area contributed by atoms with Gasteiger partial charge in [0.05, 0.1) is 23.3 Å². The van der Waals surface area contributed by atoms with Crippen molar-refractivity contribution in [2.75, 3.05) is 26.3 Å². The molecule has 0 radical (unpaired) electrons. The van der Waals surface area contributed by atoms with Gasteiger partial charge in [-0.05, 0) is 18.1 Å². The van der Waals surface area contributed by atoms with Gasteiger partial charge in [0.25, 0.3) is 0 Å². The number of benzene rings is 1. The fourth-order valence-electron chi connectivity index (χ4n) is 3.02. The number of piperidine rings is 1. The van der Waals surface area contributed by atoms with E-state index in [9.17, 15) is 4.79 Å². The molecule has 1 aromatic rings. The van der Waals surface area contributed by atoms with Crippen molar-refractivity contribution >= 4 is 29.1 Å². The highest BCUT2D eigenvalue weighted by Gasteiger charge is 2.40. The first-order valence-electron chi connectivity index (χ1n) is 7.58. The van der Waals surface area contributed by atoms with Gasteiger partial charge in [-0.2, -0.15) is 0 Å². The number of hydrogen-bond donors (Lipinski definition) is 0. The van der Waals surface area contributed by atoms with Gasteiger partial charge in [0.15, 0.2) is 5.79 Å². The lowest BCUT2D eigenvalue weighted by Crippen LogP contribution is -2.47.